The van der Waals surface area contributed by atoms with Crippen molar-refractivity contribution in [3.63, 3.8) is 0 Å². The van der Waals surface area contributed by atoms with E-state index in [0.29, 0.717) is 6.54 Å². The second-order valence-electron chi connectivity index (χ2n) is 3.85. The highest BCUT2D eigenvalue weighted by Gasteiger charge is 2.00. The van der Waals surface area contributed by atoms with E-state index in [2.05, 4.69) is 20.7 Å². The summed E-state index contributed by atoms with van der Waals surface area (Å²) in [5, 5.41) is 6.57. The lowest BCUT2D eigenvalue weighted by atomic mass is 10.3. The van der Waals surface area contributed by atoms with Crippen LogP contribution in [0.15, 0.2) is 23.7 Å². The first-order chi connectivity index (χ1) is 8.25. The van der Waals surface area contributed by atoms with E-state index in [4.69, 9.17) is 5.73 Å². The lowest BCUT2D eigenvalue weighted by Crippen LogP contribution is -2.18. The largest absolute Gasteiger partial charge is 0.397 e. The van der Waals surface area contributed by atoms with Gasteiger partial charge in [0.15, 0.2) is 0 Å². The fourth-order valence-electron chi connectivity index (χ4n) is 1.52. The Morgan fingerprint density at radius 1 is 1.47 bits per heavy atom. The molecule has 0 radical (unpaired) electrons. The molecule has 0 atom stereocenters. The van der Waals surface area contributed by atoms with Crippen molar-refractivity contribution in [1.29, 1.82) is 0 Å². The number of thiazole rings is 1. The van der Waals surface area contributed by atoms with Crippen LogP contribution < -0.4 is 11.1 Å². The number of pyridine rings is 1. The van der Waals surface area contributed by atoms with Gasteiger partial charge in [0.1, 0.15) is 0 Å². The average Bonchev–Trinajstić information content (AvgIpc) is 2.73. The predicted octanol–water partition coefficient (Wildman–Crippen LogP) is 1.76. The summed E-state index contributed by atoms with van der Waals surface area (Å²) >= 11 is 1.71. The van der Waals surface area contributed by atoms with Crippen molar-refractivity contribution in [3.05, 3.63) is 40.1 Å². The van der Waals surface area contributed by atoms with Gasteiger partial charge in [0, 0.05) is 36.8 Å². The van der Waals surface area contributed by atoms with Gasteiger partial charge in [-0.2, -0.15) is 0 Å². The highest BCUT2D eigenvalue weighted by atomic mass is 32.1. The standard InChI is InChI=1S/C12H16N4S/c1-9-8-17-12(16-9)4-6-14-7-11-10(13)3-2-5-15-11/h2-3,5,8,14H,4,6-7,13H2,1H3. The van der Waals surface area contributed by atoms with Crippen molar-refractivity contribution in [3.8, 4) is 0 Å². The molecule has 17 heavy (non-hydrogen) atoms. The molecule has 0 unspecified atom stereocenters. The molecule has 2 aromatic rings. The predicted molar refractivity (Wildman–Crippen MR) is 70.9 cm³/mol. The summed E-state index contributed by atoms with van der Waals surface area (Å²) in [6, 6.07) is 3.71. The van der Waals surface area contributed by atoms with Gasteiger partial charge in [0.05, 0.1) is 16.4 Å². The van der Waals surface area contributed by atoms with E-state index in [9.17, 15) is 0 Å². The smallest absolute Gasteiger partial charge is 0.0940 e. The van der Waals surface area contributed by atoms with Gasteiger partial charge in [-0.1, -0.05) is 0 Å². The molecule has 2 heterocycles. The van der Waals surface area contributed by atoms with E-state index in [1.807, 2.05) is 19.1 Å². The number of anilines is 1. The van der Waals surface area contributed by atoms with Crippen LogP contribution in [0, 0.1) is 6.92 Å². The number of nitrogens with zero attached hydrogens (tertiary/aromatic N) is 2. The minimum Gasteiger partial charge on any atom is -0.397 e. The molecule has 0 bridgehead atoms. The minimum atomic E-state index is 0.705. The molecule has 0 saturated carbocycles. The number of hydrogen-bond donors (Lipinski definition) is 2. The summed E-state index contributed by atoms with van der Waals surface area (Å²) in [6.45, 7) is 3.61. The van der Waals surface area contributed by atoms with Crippen LogP contribution in [-0.4, -0.2) is 16.5 Å². The van der Waals surface area contributed by atoms with Gasteiger partial charge < -0.3 is 11.1 Å². The van der Waals surface area contributed by atoms with Gasteiger partial charge in [-0.3, -0.25) is 4.98 Å². The maximum absolute atomic E-state index is 5.80. The van der Waals surface area contributed by atoms with Crippen LogP contribution in [-0.2, 0) is 13.0 Å². The third-order valence-corrected chi connectivity index (χ3v) is 3.43. The van der Waals surface area contributed by atoms with Crippen molar-refractivity contribution in [2.75, 3.05) is 12.3 Å². The van der Waals surface area contributed by atoms with Gasteiger partial charge in [-0.15, -0.1) is 11.3 Å². The molecule has 2 rings (SSSR count). The zero-order valence-corrected chi connectivity index (χ0v) is 10.6. The maximum atomic E-state index is 5.80. The Bertz CT molecular complexity index is 481. The molecule has 0 amide bonds. The molecular weight excluding hydrogens is 232 g/mol. The van der Waals surface area contributed by atoms with Gasteiger partial charge in [0.25, 0.3) is 0 Å². The molecule has 0 saturated heterocycles. The molecule has 0 aromatic carbocycles. The van der Waals surface area contributed by atoms with Crippen LogP contribution in [0.2, 0.25) is 0 Å². The molecule has 0 aliphatic heterocycles. The van der Waals surface area contributed by atoms with Crippen LogP contribution in [0.25, 0.3) is 0 Å². The van der Waals surface area contributed by atoms with E-state index < -0.39 is 0 Å². The van der Waals surface area contributed by atoms with Crippen LogP contribution in [0.1, 0.15) is 16.4 Å². The Morgan fingerprint density at radius 2 is 2.35 bits per heavy atom. The number of nitrogen functional groups attached to an aromatic ring is 1. The normalized spacial score (nSPS) is 10.6. The second-order valence-corrected chi connectivity index (χ2v) is 4.79. The van der Waals surface area contributed by atoms with Gasteiger partial charge in [0.2, 0.25) is 0 Å². The maximum Gasteiger partial charge on any atom is 0.0940 e. The number of aryl methyl sites for hydroxylation is 1. The number of hydrogen-bond acceptors (Lipinski definition) is 5. The Balaban J connectivity index is 1.75. The van der Waals surface area contributed by atoms with Crippen molar-refractivity contribution in [2.45, 2.75) is 19.9 Å². The number of aromatic nitrogens is 2. The highest BCUT2D eigenvalue weighted by Crippen LogP contribution is 2.09. The van der Waals surface area contributed by atoms with E-state index in [-0.39, 0.29) is 0 Å². The van der Waals surface area contributed by atoms with E-state index in [1.54, 1.807) is 17.5 Å². The van der Waals surface area contributed by atoms with Crippen LogP contribution in [0.5, 0.6) is 0 Å². The summed E-state index contributed by atoms with van der Waals surface area (Å²) in [5.74, 6) is 0. The molecule has 4 nitrogen and oxygen atoms in total. The van der Waals surface area contributed by atoms with Crippen molar-refractivity contribution in [1.82, 2.24) is 15.3 Å². The van der Waals surface area contributed by atoms with Gasteiger partial charge in [-0.25, -0.2) is 4.98 Å². The minimum absolute atomic E-state index is 0.705. The third kappa shape index (κ3) is 3.51. The lowest BCUT2D eigenvalue weighted by Gasteiger charge is -2.05. The number of nitrogens with two attached hydrogens (primary N) is 1. The molecule has 0 spiro atoms. The summed E-state index contributed by atoms with van der Waals surface area (Å²) in [7, 11) is 0. The third-order valence-electron chi connectivity index (χ3n) is 2.40. The first-order valence-corrected chi connectivity index (χ1v) is 6.45. The first kappa shape index (κ1) is 12.0. The van der Waals surface area contributed by atoms with Crippen molar-refractivity contribution in [2.24, 2.45) is 0 Å². The van der Waals surface area contributed by atoms with Gasteiger partial charge in [-0.05, 0) is 19.1 Å². The summed E-state index contributed by atoms with van der Waals surface area (Å²) in [4.78, 5) is 8.64. The topological polar surface area (TPSA) is 63.8 Å². The Morgan fingerprint density at radius 3 is 3.06 bits per heavy atom. The molecule has 0 fully saturated rings. The quantitative estimate of drug-likeness (QED) is 0.791. The molecule has 2 aromatic heterocycles. The fraction of sp³-hybridized carbons (Fsp3) is 0.333. The van der Waals surface area contributed by atoms with Gasteiger partial charge >= 0.3 is 0 Å². The van der Waals surface area contributed by atoms with Crippen LogP contribution >= 0.6 is 11.3 Å². The lowest BCUT2D eigenvalue weighted by molar-refractivity contribution is 0.674. The average molecular weight is 248 g/mol. The highest BCUT2D eigenvalue weighted by molar-refractivity contribution is 7.09. The molecular formula is C12H16N4S. The molecule has 0 aliphatic rings. The summed E-state index contributed by atoms with van der Waals surface area (Å²) in [5.41, 5.74) is 8.55. The zero-order valence-electron chi connectivity index (χ0n) is 9.81. The SMILES string of the molecule is Cc1csc(CCNCc2ncccc2N)n1. The number of rotatable bonds is 5. The Labute approximate surface area is 105 Å². The second kappa shape index (κ2) is 5.75. The van der Waals surface area contributed by atoms with Crippen LogP contribution in [0.4, 0.5) is 5.69 Å². The summed E-state index contributed by atoms with van der Waals surface area (Å²) in [6.07, 6.45) is 2.71. The van der Waals surface area contributed by atoms with E-state index in [0.717, 1.165) is 30.0 Å². The Kier molecular flexibility index (Phi) is 4.06. The zero-order chi connectivity index (χ0) is 12.1. The fourth-order valence-corrected chi connectivity index (χ4v) is 2.29. The molecule has 5 heteroatoms. The number of nitrogens with one attached hydrogen (secondary N) is 1. The molecule has 3 N–H and O–H groups in total. The molecule has 90 valence electrons. The summed E-state index contributed by atoms with van der Waals surface area (Å²) < 4.78 is 0. The monoisotopic (exact) mass is 248 g/mol. The van der Waals surface area contributed by atoms with Crippen LogP contribution in [0.3, 0.4) is 0 Å². The van der Waals surface area contributed by atoms with E-state index >= 15 is 0 Å². The van der Waals surface area contributed by atoms with Crippen molar-refractivity contribution >= 4 is 17.0 Å². The van der Waals surface area contributed by atoms with E-state index in [1.165, 1.54) is 5.01 Å². The first-order valence-electron chi connectivity index (χ1n) is 5.57. The van der Waals surface area contributed by atoms with Crippen molar-refractivity contribution < 1.29 is 0 Å². The Hall–Kier alpha value is -1.46. The molecule has 0 aliphatic carbocycles.